The van der Waals surface area contributed by atoms with Gasteiger partial charge in [0.25, 0.3) is 0 Å². The van der Waals surface area contributed by atoms with Gasteiger partial charge in [0.05, 0.1) is 0 Å². The van der Waals surface area contributed by atoms with Crippen LogP contribution >= 0.6 is 0 Å². The topological polar surface area (TPSA) is 49.8 Å². The van der Waals surface area contributed by atoms with E-state index in [1.54, 1.807) is 18.3 Å². The molecule has 0 fully saturated rings. The molecule has 0 aliphatic heterocycles. The lowest BCUT2D eigenvalue weighted by atomic mass is 10.1. The van der Waals surface area contributed by atoms with E-state index in [1.807, 2.05) is 12.1 Å². The second-order valence-electron chi connectivity index (χ2n) is 5.91. The van der Waals surface area contributed by atoms with Crippen LogP contribution in [0.1, 0.15) is 26.3 Å². The lowest BCUT2D eigenvalue weighted by molar-refractivity contribution is 0.610. The normalized spacial score (nSPS) is 11.2. The van der Waals surface area contributed by atoms with Crippen LogP contribution in [0, 0.1) is 5.82 Å². The van der Waals surface area contributed by atoms with Gasteiger partial charge < -0.3 is 10.6 Å². The Balaban J connectivity index is 1.92. The molecule has 0 aliphatic carbocycles. The molecule has 0 unspecified atom stereocenters. The molecule has 0 bridgehead atoms. The summed E-state index contributed by atoms with van der Waals surface area (Å²) < 4.78 is 13.5. The van der Waals surface area contributed by atoms with E-state index in [4.69, 9.17) is 0 Å². The zero-order chi connectivity index (χ0) is 15.3. The van der Waals surface area contributed by atoms with E-state index in [-0.39, 0.29) is 11.4 Å². The molecule has 0 saturated carbocycles. The van der Waals surface area contributed by atoms with Crippen molar-refractivity contribution in [3.8, 4) is 0 Å². The van der Waals surface area contributed by atoms with Crippen molar-refractivity contribution in [3.05, 3.63) is 47.9 Å². The molecule has 2 N–H and O–H groups in total. The van der Waals surface area contributed by atoms with Crippen molar-refractivity contribution in [1.82, 2.24) is 9.97 Å². The average Bonchev–Trinajstić information content (AvgIpc) is 2.39. The van der Waals surface area contributed by atoms with E-state index in [0.717, 1.165) is 5.82 Å². The third-order valence-corrected chi connectivity index (χ3v) is 2.79. The van der Waals surface area contributed by atoms with E-state index in [2.05, 4.69) is 41.4 Å². The van der Waals surface area contributed by atoms with E-state index in [0.29, 0.717) is 24.5 Å². The van der Waals surface area contributed by atoms with Gasteiger partial charge in [-0.15, -0.1) is 0 Å². The minimum Gasteiger partial charge on any atom is -0.365 e. The van der Waals surface area contributed by atoms with Gasteiger partial charge in [0, 0.05) is 18.3 Å². The van der Waals surface area contributed by atoms with Gasteiger partial charge in [-0.3, -0.25) is 0 Å². The molecular weight excluding hydrogens is 267 g/mol. The third-order valence-electron chi connectivity index (χ3n) is 2.79. The predicted octanol–water partition coefficient (Wildman–Crippen LogP) is 3.48. The first-order chi connectivity index (χ1) is 9.94. The van der Waals surface area contributed by atoms with Gasteiger partial charge in [-0.05, 0) is 44.9 Å². The second kappa shape index (κ2) is 6.52. The number of anilines is 2. The van der Waals surface area contributed by atoms with Crippen molar-refractivity contribution in [3.63, 3.8) is 0 Å². The first-order valence-corrected chi connectivity index (χ1v) is 7.02. The minimum atomic E-state index is -0.177. The minimum absolute atomic E-state index is 0.0568. The molecule has 0 amide bonds. The summed E-state index contributed by atoms with van der Waals surface area (Å²) in [5.74, 6) is 1.13. The quantitative estimate of drug-likeness (QED) is 0.884. The highest BCUT2D eigenvalue weighted by atomic mass is 19.1. The smallest absolute Gasteiger partial charge is 0.224 e. The maximum Gasteiger partial charge on any atom is 0.224 e. The van der Waals surface area contributed by atoms with Crippen molar-refractivity contribution in [2.24, 2.45) is 0 Å². The van der Waals surface area contributed by atoms with Crippen molar-refractivity contribution in [2.75, 3.05) is 17.2 Å². The highest BCUT2D eigenvalue weighted by molar-refractivity contribution is 5.41. The fourth-order valence-corrected chi connectivity index (χ4v) is 1.91. The summed E-state index contributed by atoms with van der Waals surface area (Å²) in [6, 6.07) is 8.61. The molecule has 1 aromatic carbocycles. The Morgan fingerprint density at radius 2 is 1.90 bits per heavy atom. The van der Waals surface area contributed by atoms with Crippen LogP contribution in [-0.2, 0) is 6.42 Å². The van der Waals surface area contributed by atoms with Crippen molar-refractivity contribution in [1.29, 1.82) is 0 Å². The number of aromatic nitrogens is 2. The van der Waals surface area contributed by atoms with Crippen LogP contribution in [0.4, 0.5) is 16.2 Å². The Hall–Kier alpha value is -2.17. The Morgan fingerprint density at radius 3 is 2.62 bits per heavy atom. The summed E-state index contributed by atoms with van der Waals surface area (Å²) in [7, 11) is 0. The zero-order valence-electron chi connectivity index (χ0n) is 12.7. The third kappa shape index (κ3) is 5.02. The SMILES string of the molecule is CC(C)(C)Nc1ccnc(NCCc2ccccc2F)n1. The van der Waals surface area contributed by atoms with Gasteiger partial charge in [0.15, 0.2) is 0 Å². The van der Waals surface area contributed by atoms with E-state index in [9.17, 15) is 4.39 Å². The summed E-state index contributed by atoms with van der Waals surface area (Å²) in [6.45, 7) is 6.79. The highest BCUT2D eigenvalue weighted by Gasteiger charge is 2.10. The fraction of sp³-hybridized carbons (Fsp3) is 0.375. The predicted molar refractivity (Wildman–Crippen MR) is 84.0 cm³/mol. The number of nitrogens with zero attached hydrogens (tertiary/aromatic N) is 2. The average molecular weight is 288 g/mol. The van der Waals surface area contributed by atoms with Crippen LogP contribution < -0.4 is 10.6 Å². The molecule has 0 aliphatic rings. The van der Waals surface area contributed by atoms with Crippen LogP contribution in [0.5, 0.6) is 0 Å². The van der Waals surface area contributed by atoms with Crippen molar-refractivity contribution < 1.29 is 4.39 Å². The molecule has 4 nitrogen and oxygen atoms in total. The van der Waals surface area contributed by atoms with Gasteiger partial charge in [-0.1, -0.05) is 18.2 Å². The summed E-state index contributed by atoms with van der Waals surface area (Å²) >= 11 is 0. The van der Waals surface area contributed by atoms with Crippen LogP contribution in [0.2, 0.25) is 0 Å². The van der Waals surface area contributed by atoms with Crippen LogP contribution in [0.3, 0.4) is 0 Å². The standard InChI is InChI=1S/C16H21FN4/c1-16(2,3)21-14-9-11-19-15(20-14)18-10-8-12-6-4-5-7-13(12)17/h4-7,9,11H,8,10H2,1-3H3,(H2,18,19,20,21). The molecule has 5 heteroatoms. The van der Waals surface area contributed by atoms with Crippen molar-refractivity contribution in [2.45, 2.75) is 32.7 Å². The summed E-state index contributed by atoms with van der Waals surface area (Å²) in [5.41, 5.74) is 0.632. The molecule has 0 radical (unpaired) electrons. The molecule has 2 aromatic rings. The highest BCUT2D eigenvalue weighted by Crippen LogP contribution is 2.13. The van der Waals surface area contributed by atoms with Crippen LogP contribution in [0.15, 0.2) is 36.5 Å². The Kier molecular flexibility index (Phi) is 4.73. The van der Waals surface area contributed by atoms with Gasteiger partial charge in [0.2, 0.25) is 5.95 Å². The van der Waals surface area contributed by atoms with Gasteiger partial charge >= 0.3 is 0 Å². The fourth-order valence-electron chi connectivity index (χ4n) is 1.91. The molecule has 0 saturated heterocycles. The number of nitrogens with one attached hydrogen (secondary N) is 2. The monoisotopic (exact) mass is 288 g/mol. The lowest BCUT2D eigenvalue weighted by Gasteiger charge is -2.21. The molecule has 1 aromatic heterocycles. The largest absolute Gasteiger partial charge is 0.365 e. The molecule has 21 heavy (non-hydrogen) atoms. The maximum absolute atomic E-state index is 13.5. The number of benzene rings is 1. The summed E-state index contributed by atoms with van der Waals surface area (Å²) in [5, 5.41) is 6.41. The zero-order valence-corrected chi connectivity index (χ0v) is 12.7. The van der Waals surface area contributed by atoms with Gasteiger partial charge in [-0.25, -0.2) is 9.37 Å². The number of halogens is 1. The molecule has 1 heterocycles. The Bertz CT molecular complexity index is 593. The molecule has 112 valence electrons. The molecule has 2 rings (SSSR count). The Morgan fingerprint density at radius 1 is 1.14 bits per heavy atom. The van der Waals surface area contributed by atoms with Crippen molar-refractivity contribution >= 4 is 11.8 Å². The summed E-state index contributed by atoms with van der Waals surface area (Å²) in [6.07, 6.45) is 2.29. The lowest BCUT2D eigenvalue weighted by Crippen LogP contribution is -2.26. The van der Waals surface area contributed by atoms with Gasteiger partial charge in [-0.2, -0.15) is 4.98 Å². The van der Waals surface area contributed by atoms with E-state index >= 15 is 0 Å². The number of hydrogen-bond donors (Lipinski definition) is 2. The van der Waals surface area contributed by atoms with E-state index < -0.39 is 0 Å². The van der Waals surface area contributed by atoms with Gasteiger partial charge in [0.1, 0.15) is 11.6 Å². The molecule has 0 spiro atoms. The molecular formula is C16H21FN4. The van der Waals surface area contributed by atoms with Crippen LogP contribution in [-0.4, -0.2) is 22.1 Å². The maximum atomic E-state index is 13.5. The number of hydrogen-bond acceptors (Lipinski definition) is 4. The number of rotatable bonds is 5. The summed E-state index contributed by atoms with van der Waals surface area (Å²) in [4.78, 5) is 8.55. The Labute approximate surface area is 124 Å². The van der Waals surface area contributed by atoms with Crippen LogP contribution in [0.25, 0.3) is 0 Å². The first kappa shape index (κ1) is 15.2. The molecule has 0 atom stereocenters. The second-order valence-corrected chi connectivity index (χ2v) is 5.91. The first-order valence-electron chi connectivity index (χ1n) is 7.02. The van der Waals surface area contributed by atoms with E-state index in [1.165, 1.54) is 6.07 Å².